The number of carbonyl (C=O) groups is 4. The van der Waals surface area contributed by atoms with Gasteiger partial charge in [-0.05, 0) is 41.5 Å². The van der Waals surface area contributed by atoms with Gasteiger partial charge < -0.3 is 24.8 Å². The molecule has 4 rings (SSSR count). The number of nitrogens with zero attached hydrogens (tertiary/aromatic N) is 1. The Morgan fingerprint density at radius 1 is 1.05 bits per heavy atom. The van der Waals surface area contributed by atoms with E-state index in [0.29, 0.717) is 19.4 Å². The van der Waals surface area contributed by atoms with Crippen LogP contribution in [0, 0.1) is 0 Å². The van der Waals surface area contributed by atoms with Gasteiger partial charge in [0.25, 0.3) is 0 Å². The molecule has 0 unspecified atom stereocenters. The van der Waals surface area contributed by atoms with Gasteiger partial charge in [0.15, 0.2) is 0 Å². The Morgan fingerprint density at radius 2 is 1.70 bits per heavy atom. The minimum atomic E-state index is -1.31. The number of esters is 1. The highest BCUT2D eigenvalue weighted by Crippen LogP contribution is 2.44. The van der Waals surface area contributed by atoms with Gasteiger partial charge in [0, 0.05) is 18.9 Å². The van der Waals surface area contributed by atoms with E-state index in [9.17, 15) is 24.3 Å². The fourth-order valence-corrected chi connectivity index (χ4v) is 5.00. The van der Waals surface area contributed by atoms with E-state index in [1.807, 2.05) is 48.5 Å². The highest BCUT2D eigenvalue weighted by molar-refractivity contribution is 5.86. The number of aliphatic carboxylic acids is 1. The summed E-state index contributed by atoms with van der Waals surface area (Å²) in [5.74, 6) is -2.29. The Balaban J connectivity index is 1.31. The van der Waals surface area contributed by atoms with E-state index in [0.717, 1.165) is 22.3 Å². The molecule has 1 aliphatic heterocycles. The van der Waals surface area contributed by atoms with Gasteiger partial charge in [0.1, 0.15) is 25.3 Å². The van der Waals surface area contributed by atoms with E-state index < -0.39 is 30.1 Å². The van der Waals surface area contributed by atoms with E-state index in [1.54, 1.807) is 0 Å². The van der Waals surface area contributed by atoms with Crippen LogP contribution in [0.15, 0.2) is 61.2 Å². The summed E-state index contributed by atoms with van der Waals surface area (Å²) in [5.41, 5.74) is 4.26. The molecule has 2 aromatic rings. The van der Waals surface area contributed by atoms with Crippen LogP contribution in [0.5, 0.6) is 0 Å². The Bertz CT molecular complexity index is 1150. The lowest BCUT2D eigenvalue weighted by molar-refractivity contribution is -0.152. The Labute approximate surface area is 215 Å². The fourth-order valence-electron chi connectivity index (χ4n) is 5.00. The number of hydrogen-bond acceptors (Lipinski definition) is 6. The molecule has 2 N–H and O–H groups in total. The number of likely N-dealkylation sites (tertiary alicyclic amines) is 1. The van der Waals surface area contributed by atoms with Gasteiger partial charge in [-0.2, -0.15) is 0 Å². The number of alkyl carbamates (subject to hydrolysis) is 1. The molecular weight excluding hydrogens is 476 g/mol. The average molecular weight is 507 g/mol. The number of fused-ring (bicyclic) bond motifs is 3. The van der Waals surface area contributed by atoms with Crippen molar-refractivity contribution < 1.29 is 33.8 Å². The second kappa shape index (κ2) is 11.7. The smallest absolute Gasteiger partial charge is 0.407 e. The third-order valence-corrected chi connectivity index (χ3v) is 6.77. The van der Waals surface area contributed by atoms with Crippen molar-refractivity contribution in [1.82, 2.24) is 10.2 Å². The molecule has 2 atom stereocenters. The molecule has 2 aromatic carbocycles. The molecule has 0 saturated carbocycles. The lowest BCUT2D eigenvalue weighted by Gasteiger charge is -2.24. The van der Waals surface area contributed by atoms with Crippen molar-refractivity contribution in [2.45, 2.75) is 43.7 Å². The zero-order chi connectivity index (χ0) is 26.4. The maximum atomic E-state index is 12.7. The van der Waals surface area contributed by atoms with E-state index in [2.05, 4.69) is 11.9 Å². The number of nitrogens with one attached hydrogen (secondary N) is 1. The quantitative estimate of drug-likeness (QED) is 0.374. The third-order valence-electron chi connectivity index (χ3n) is 6.77. The predicted molar refractivity (Wildman–Crippen MR) is 135 cm³/mol. The first kappa shape index (κ1) is 25.9. The zero-order valence-electron chi connectivity index (χ0n) is 20.4. The largest absolute Gasteiger partial charge is 0.480 e. The molecule has 1 saturated heterocycles. The van der Waals surface area contributed by atoms with Crippen LogP contribution in [0.25, 0.3) is 11.1 Å². The van der Waals surface area contributed by atoms with Crippen molar-refractivity contribution >= 4 is 23.9 Å². The van der Waals surface area contributed by atoms with Gasteiger partial charge in [-0.15, -0.1) is 0 Å². The Morgan fingerprint density at radius 3 is 2.32 bits per heavy atom. The summed E-state index contributed by atoms with van der Waals surface area (Å²) < 4.78 is 10.5. The molecule has 0 bridgehead atoms. The molecule has 37 heavy (non-hydrogen) atoms. The van der Waals surface area contributed by atoms with E-state index >= 15 is 0 Å². The molecule has 194 valence electrons. The summed E-state index contributed by atoms with van der Waals surface area (Å²) in [6, 6.07) is 13.8. The predicted octanol–water partition coefficient (Wildman–Crippen LogP) is 3.48. The molecule has 9 nitrogen and oxygen atoms in total. The van der Waals surface area contributed by atoms with Crippen molar-refractivity contribution in [2.24, 2.45) is 0 Å². The summed E-state index contributed by atoms with van der Waals surface area (Å²) in [7, 11) is 0. The van der Waals surface area contributed by atoms with Gasteiger partial charge in [0.2, 0.25) is 5.91 Å². The van der Waals surface area contributed by atoms with Crippen LogP contribution in [-0.4, -0.2) is 65.8 Å². The Hall–Kier alpha value is -4.14. The van der Waals surface area contributed by atoms with Gasteiger partial charge in [-0.1, -0.05) is 61.2 Å². The summed E-state index contributed by atoms with van der Waals surface area (Å²) in [6.45, 7) is 4.00. The average Bonchev–Trinajstić information content (AvgIpc) is 3.52. The molecule has 9 heteroatoms. The van der Waals surface area contributed by atoms with E-state index in [1.165, 1.54) is 11.0 Å². The van der Waals surface area contributed by atoms with Crippen LogP contribution < -0.4 is 5.32 Å². The van der Waals surface area contributed by atoms with Crippen LogP contribution in [-0.2, 0) is 23.9 Å². The van der Waals surface area contributed by atoms with Crippen molar-refractivity contribution in [3.8, 4) is 11.1 Å². The molecule has 2 amide bonds. The highest BCUT2D eigenvalue weighted by Gasteiger charge is 2.36. The lowest BCUT2D eigenvalue weighted by Crippen LogP contribution is -2.44. The number of carboxylic acid groups (broad SMARTS) is 1. The number of carboxylic acids is 1. The van der Waals surface area contributed by atoms with Crippen molar-refractivity contribution in [3.05, 3.63) is 72.3 Å². The van der Waals surface area contributed by atoms with Crippen LogP contribution in [0.2, 0.25) is 0 Å². The first-order valence-corrected chi connectivity index (χ1v) is 12.3. The van der Waals surface area contributed by atoms with Crippen LogP contribution in [0.4, 0.5) is 4.79 Å². The summed E-state index contributed by atoms with van der Waals surface area (Å²) in [6.07, 6.45) is 1.44. The minimum Gasteiger partial charge on any atom is -0.480 e. The molecule has 1 heterocycles. The van der Waals surface area contributed by atoms with Gasteiger partial charge in [-0.25, -0.2) is 14.4 Å². The third kappa shape index (κ3) is 5.82. The molecule has 2 aliphatic rings. The second-order valence-electron chi connectivity index (χ2n) is 9.06. The lowest BCUT2D eigenvalue weighted by atomic mass is 9.98. The maximum Gasteiger partial charge on any atom is 0.407 e. The van der Waals surface area contributed by atoms with Crippen LogP contribution in [0.1, 0.15) is 42.7 Å². The molecule has 0 radical (unpaired) electrons. The molecule has 1 aliphatic carbocycles. The number of benzene rings is 2. The number of rotatable bonds is 10. The van der Waals surface area contributed by atoms with Gasteiger partial charge >= 0.3 is 18.0 Å². The topological polar surface area (TPSA) is 122 Å². The van der Waals surface area contributed by atoms with Crippen LogP contribution >= 0.6 is 0 Å². The number of amides is 2. The second-order valence-corrected chi connectivity index (χ2v) is 9.06. The summed E-state index contributed by atoms with van der Waals surface area (Å²) in [5, 5.41) is 12.0. The molecular formula is C28H30N2O7. The first-order chi connectivity index (χ1) is 17.9. The zero-order valence-corrected chi connectivity index (χ0v) is 20.4. The van der Waals surface area contributed by atoms with E-state index in [-0.39, 0.29) is 37.9 Å². The monoisotopic (exact) mass is 506 g/mol. The van der Waals surface area contributed by atoms with Crippen molar-refractivity contribution in [1.29, 1.82) is 0 Å². The van der Waals surface area contributed by atoms with Gasteiger partial charge in [0.05, 0.1) is 0 Å². The summed E-state index contributed by atoms with van der Waals surface area (Å²) in [4.78, 5) is 50.7. The van der Waals surface area contributed by atoms with Gasteiger partial charge in [-0.3, -0.25) is 4.79 Å². The van der Waals surface area contributed by atoms with E-state index in [4.69, 9.17) is 9.47 Å². The number of ether oxygens (including phenoxy) is 2. The first-order valence-electron chi connectivity index (χ1n) is 12.3. The van der Waals surface area contributed by atoms with Crippen molar-refractivity contribution in [2.75, 3.05) is 19.8 Å². The molecule has 0 aromatic heterocycles. The minimum absolute atomic E-state index is 0.0490. The maximum absolute atomic E-state index is 12.7. The fraction of sp³-hybridized carbons (Fsp3) is 0.357. The number of carbonyl (C=O) groups excluding carboxylic acids is 3. The summed E-state index contributed by atoms with van der Waals surface area (Å²) >= 11 is 0. The van der Waals surface area contributed by atoms with Crippen molar-refractivity contribution in [3.63, 3.8) is 0 Å². The molecule has 1 fully saturated rings. The normalized spacial score (nSPS) is 16.9. The standard InChI is InChI=1S/C28H30N2O7/c1-2-16-36-27(34)24-12-7-15-30(24)25(31)14-13-23(26(32)33)29-28(35)37-17-22-20-10-5-3-8-18(20)19-9-4-6-11-21(19)22/h2-6,8-11,22-24H,1,7,12-17H2,(H,29,35)(H,32,33)/t23-,24+/m0/s1. The molecule has 0 spiro atoms. The SMILES string of the molecule is C=CCOC(=O)[C@H]1CCCN1C(=O)CC[C@H](NC(=O)OCC1c2ccccc2-c2ccccc21)C(=O)O. The van der Waals surface area contributed by atoms with Crippen LogP contribution in [0.3, 0.4) is 0 Å². The Kier molecular flexibility index (Phi) is 8.22. The highest BCUT2D eigenvalue weighted by atomic mass is 16.5. The number of hydrogen-bond donors (Lipinski definition) is 2.